The normalized spacial score (nSPS) is 12.6. The fourth-order valence-corrected chi connectivity index (χ4v) is 0.612. The Morgan fingerprint density at radius 2 is 2.27 bits per heavy atom. The van der Waals surface area contributed by atoms with E-state index in [-0.39, 0.29) is 5.97 Å². The van der Waals surface area contributed by atoms with E-state index in [9.17, 15) is 4.79 Å². The SMILES string of the molecule is CCOC(=O)[C@H](N)CCOC. The lowest BCUT2D eigenvalue weighted by molar-refractivity contribution is -0.145. The maximum Gasteiger partial charge on any atom is 0.322 e. The Balaban J connectivity index is 3.46. The van der Waals surface area contributed by atoms with Gasteiger partial charge in [-0.2, -0.15) is 0 Å². The average Bonchev–Trinajstić information content (AvgIpc) is 2.00. The van der Waals surface area contributed by atoms with Crippen molar-refractivity contribution in [1.82, 2.24) is 0 Å². The third kappa shape index (κ3) is 4.75. The second-order valence-corrected chi connectivity index (χ2v) is 2.14. The highest BCUT2D eigenvalue weighted by Gasteiger charge is 2.12. The van der Waals surface area contributed by atoms with Crippen LogP contribution in [0.2, 0.25) is 0 Å². The van der Waals surface area contributed by atoms with Gasteiger partial charge in [0.15, 0.2) is 0 Å². The van der Waals surface area contributed by atoms with E-state index >= 15 is 0 Å². The number of methoxy groups -OCH3 is 1. The van der Waals surface area contributed by atoms with Crippen molar-refractivity contribution in [1.29, 1.82) is 0 Å². The van der Waals surface area contributed by atoms with Gasteiger partial charge in [-0.05, 0) is 13.3 Å². The number of hydrogen-bond donors (Lipinski definition) is 1. The monoisotopic (exact) mass is 161 g/mol. The van der Waals surface area contributed by atoms with Crippen LogP contribution in [0.4, 0.5) is 0 Å². The summed E-state index contributed by atoms with van der Waals surface area (Å²) >= 11 is 0. The number of rotatable bonds is 5. The summed E-state index contributed by atoms with van der Waals surface area (Å²) < 4.78 is 9.43. The summed E-state index contributed by atoms with van der Waals surface area (Å²) in [5.41, 5.74) is 5.43. The minimum absolute atomic E-state index is 0.357. The van der Waals surface area contributed by atoms with E-state index in [0.717, 1.165) is 0 Å². The van der Waals surface area contributed by atoms with Gasteiger partial charge in [0.2, 0.25) is 0 Å². The Labute approximate surface area is 66.7 Å². The zero-order valence-corrected chi connectivity index (χ0v) is 7.00. The lowest BCUT2D eigenvalue weighted by atomic mass is 10.2. The summed E-state index contributed by atoms with van der Waals surface area (Å²) in [6.07, 6.45) is 0.509. The lowest BCUT2D eigenvalue weighted by Crippen LogP contribution is -2.33. The van der Waals surface area contributed by atoms with E-state index < -0.39 is 6.04 Å². The van der Waals surface area contributed by atoms with Gasteiger partial charge in [-0.1, -0.05) is 0 Å². The molecule has 0 aromatic heterocycles. The van der Waals surface area contributed by atoms with E-state index in [1.165, 1.54) is 0 Å². The van der Waals surface area contributed by atoms with Gasteiger partial charge in [-0.15, -0.1) is 0 Å². The minimum Gasteiger partial charge on any atom is -0.465 e. The van der Waals surface area contributed by atoms with E-state index in [1.807, 2.05) is 0 Å². The van der Waals surface area contributed by atoms with Crippen LogP contribution in [-0.4, -0.2) is 32.3 Å². The van der Waals surface area contributed by atoms with Crippen molar-refractivity contribution >= 4 is 5.97 Å². The molecule has 0 rings (SSSR count). The number of carbonyl (C=O) groups excluding carboxylic acids is 1. The van der Waals surface area contributed by atoms with Crippen molar-refractivity contribution in [2.24, 2.45) is 5.73 Å². The highest BCUT2D eigenvalue weighted by molar-refractivity contribution is 5.75. The zero-order chi connectivity index (χ0) is 8.69. The molecule has 0 spiro atoms. The molecule has 0 bridgehead atoms. The molecule has 0 radical (unpaired) electrons. The first-order valence-corrected chi connectivity index (χ1v) is 3.63. The van der Waals surface area contributed by atoms with E-state index in [1.54, 1.807) is 14.0 Å². The molecular weight excluding hydrogens is 146 g/mol. The second-order valence-electron chi connectivity index (χ2n) is 2.14. The van der Waals surface area contributed by atoms with E-state index in [4.69, 9.17) is 10.5 Å². The summed E-state index contributed by atoms with van der Waals surface area (Å²) in [6.45, 7) is 2.61. The summed E-state index contributed by atoms with van der Waals surface area (Å²) in [5, 5.41) is 0. The molecule has 2 N–H and O–H groups in total. The Morgan fingerprint density at radius 1 is 1.64 bits per heavy atom. The smallest absolute Gasteiger partial charge is 0.322 e. The van der Waals surface area contributed by atoms with Crippen molar-refractivity contribution in [2.45, 2.75) is 19.4 Å². The molecule has 11 heavy (non-hydrogen) atoms. The van der Waals surface area contributed by atoms with Crippen molar-refractivity contribution < 1.29 is 14.3 Å². The van der Waals surface area contributed by atoms with Crippen LogP contribution in [0.25, 0.3) is 0 Å². The van der Waals surface area contributed by atoms with Crippen LogP contribution in [-0.2, 0) is 14.3 Å². The molecule has 4 nitrogen and oxygen atoms in total. The molecule has 0 amide bonds. The Kier molecular flexibility index (Phi) is 5.78. The predicted molar refractivity (Wildman–Crippen MR) is 41.1 cm³/mol. The van der Waals surface area contributed by atoms with E-state index in [2.05, 4.69) is 4.74 Å². The topological polar surface area (TPSA) is 61.5 Å². The maximum atomic E-state index is 10.8. The third-order valence-electron chi connectivity index (χ3n) is 1.22. The number of carbonyl (C=O) groups is 1. The molecular formula is C7H15NO3. The van der Waals surface area contributed by atoms with E-state index in [0.29, 0.717) is 19.6 Å². The molecule has 0 aromatic carbocycles. The molecule has 0 aliphatic heterocycles. The molecule has 0 aliphatic rings. The summed E-state index contributed by atoms with van der Waals surface area (Å²) in [7, 11) is 1.57. The first-order chi connectivity index (χ1) is 5.22. The van der Waals surface area contributed by atoms with Crippen LogP contribution < -0.4 is 5.73 Å². The molecule has 4 heteroatoms. The molecule has 0 aromatic rings. The zero-order valence-electron chi connectivity index (χ0n) is 7.00. The molecule has 66 valence electrons. The van der Waals surface area contributed by atoms with Gasteiger partial charge < -0.3 is 15.2 Å². The molecule has 0 heterocycles. The van der Waals surface area contributed by atoms with Gasteiger partial charge in [0.1, 0.15) is 6.04 Å². The Morgan fingerprint density at radius 3 is 2.73 bits per heavy atom. The summed E-state index contributed by atoms with van der Waals surface area (Å²) in [6, 6.07) is -0.546. The first kappa shape index (κ1) is 10.4. The Hall–Kier alpha value is -0.610. The van der Waals surface area contributed by atoms with Gasteiger partial charge in [-0.25, -0.2) is 0 Å². The van der Waals surface area contributed by atoms with Crippen molar-refractivity contribution in [3.05, 3.63) is 0 Å². The fraction of sp³-hybridized carbons (Fsp3) is 0.857. The molecule has 0 aliphatic carbocycles. The highest BCUT2D eigenvalue weighted by atomic mass is 16.5. The van der Waals surface area contributed by atoms with Crippen LogP contribution in [0.1, 0.15) is 13.3 Å². The van der Waals surface area contributed by atoms with Crippen molar-refractivity contribution in [3.63, 3.8) is 0 Å². The van der Waals surface area contributed by atoms with Crippen molar-refractivity contribution in [2.75, 3.05) is 20.3 Å². The van der Waals surface area contributed by atoms with Gasteiger partial charge in [-0.3, -0.25) is 4.79 Å². The average molecular weight is 161 g/mol. The molecule has 0 saturated heterocycles. The first-order valence-electron chi connectivity index (χ1n) is 3.63. The van der Waals surface area contributed by atoms with Crippen LogP contribution in [0.3, 0.4) is 0 Å². The third-order valence-corrected chi connectivity index (χ3v) is 1.22. The highest BCUT2D eigenvalue weighted by Crippen LogP contribution is 1.91. The van der Waals surface area contributed by atoms with Gasteiger partial charge in [0.05, 0.1) is 6.61 Å². The predicted octanol–water partition coefficient (Wildman–Crippen LogP) is -0.0867. The van der Waals surface area contributed by atoms with Gasteiger partial charge >= 0.3 is 5.97 Å². The lowest BCUT2D eigenvalue weighted by Gasteiger charge is -2.08. The van der Waals surface area contributed by atoms with Crippen LogP contribution >= 0.6 is 0 Å². The van der Waals surface area contributed by atoms with Crippen LogP contribution in [0, 0.1) is 0 Å². The van der Waals surface area contributed by atoms with Gasteiger partial charge in [0, 0.05) is 13.7 Å². The largest absolute Gasteiger partial charge is 0.465 e. The molecule has 0 fully saturated rings. The molecule has 1 atom stereocenters. The summed E-state index contributed by atoms with van der Waals surface area (Å²) in [5.74, 6) is -0.357. The minimum atomic E-state index is -0.546. The summed E-state index contributed by atoms with van der Waals surface area (Å²) in [4.78, 5) is 10.8. The van der Waals surface area contributed by atoms with Crippen molar-refractivity contribution in [3.8, 4) is 0 Å². The quantitative estimate of drug-likeness (QED) is 0.572. The second kappa shape index (κ2) is 6.12. The molecule has 0 unspecified atom stereocenters. The number of hydrogen-bond acceptors (Lipinski definition) is 4. The van der Waals surface area contributed by atoms with Crippen LogP contribution in [0.15, 0.2) is 0 Å². The van der Waals surface area contributed by atoms with Gasteiger partial charge in [0.25, 0.3) is 0 Å². The standard InChI is InChI=1S/C7H15NO3/c1-3-11-7(9)6(8)4-5-10-2/h6H,3-5,8H2,1-2H3/t6-/m1/s1. The maximum absolute atomic E-state index is 10.8. The number of ether oxygens (including phenoxy) is 2. The molecule has 0 saturated carbocycles. The van der Waals surface area contributed by atoms with Crippen LogP contribution in [0.5, 0.6) is 0 Å². The Bertz CT molecular complexity index is 116. The number of esters is 1. The fourth-order valence-electron chi connectivity index (χ4n) is 0.612. The number of nitrogens with two attached hydrogens (primary N) is 1.